The minimum atomic E-state index is -0.822. The third kappa shape index (κ3) is 6.52. The number of carbonyl (C=O) groups excluding carboxylic acids is 3. The molecule has 2 heterocycles. The first-order chi connectivity index (χ1) is 18.6. The van der Waals surface area contributed by atoms with Crippen LogP contribution in [0.5, 0.6) is 0 Å². The normalized spacial score (nSPS) is 15.9. The van der Waals surface area contributed by atoms with E-state index in [1.54, 1.807) is 40.5 Å². The van der Waals surface area contributed by atoms with Crippen LogP contribution in [0.25, 0.3) is 10.4 Å². The summed E-state index contributed by atoms with van der Waals surface area (Å²) in [7, 11) is 0. The fourth-order valence-electron chi connectivity index (χ4n) is 4.69. The van der Waals surface area contributed by atoms with Gasteiger partial charge in [0.1, 0.15) is 12.1 Å². The van der Waals surface area contributed by atoms with Gasteiger partial charge in [0.15, 0.2) is 0 Å². The quantitative estimate of drug-likeness (QED) is 0.457. The number of hydrogen-bond acceptors (Lipinski definition) is 6. The summed E-state index contributed by atoms with van der Waals surface area (Å²) in [5.41, 5.74) is 5.11. The molecule has 0 spiro atoms. The Kier molecular flexibility index (Phi) is 8.46. The Bertz CT molecular complexity index is 1380. The van der Waals surface area contributed by atoms with Crippen LogP contribution in [-0.2, 0) is 16.1 Å². The molecule has 202 valence electrons. The van der Waals surface area contributed by atoms with Gasteiger partial charge in [-0.15, -0.1) is 11.3 Å². The van der Waals surface area contributed by atoms with E-state index in [0.717, 1.165) is 21.7 Å². The van der Waals surface area contributed by atoms with Crippen LogP contribution in [-0.4, -0.2) is 46.2 Å². The number of benzene rings is 2. The number of thiazole rings is 1. The van der Waals surface area contributed by atoms with Crippen molar-refractivity contribution < 1.29 is 14.4 Å². The molecule has 9 heteroatoms. The molecule has 2 atom stereocenters. The highest BCUT2D eigenvalue weighted by atomic mass is 32.1. The zero-order chi connectivity index (χ0) is 28.2. The first-order valence-electron chi connectivity index (χ1n) is 13.0. The van der Waals surface area contributed by atoms with Gasteiger partial charge >= 0.3 is 0 Å². The fraction of sp³-hybridized carbons (Fsp3) is 0.367. The molecule has 2 aromatic carbocycles. The second kappa shape index (κ2) is 11.8. The summed E-state index contributed by atoms with van der Waals surface area (Å²) in [6.45, 7) is 8.46. The Balaban J connectivity index is 1.41. The van der Waals surface area contributed by atoms with E-state index in [2.05, 4.69) is 15.6 Å². The van der Waals surface area contributed by atoms with Gasteiger partial charge in [0, 0.05) is 18.7 Å². The average molecular weight is 544 g/mol. The Morgan fingerprint density at radius 3 is 2.41 bits per heavy atom. The Labute approximate surface area is 233 Å². The van der Waals surface area contributed by atoms with Crippen LogP contribution in [0.15, 0.2) is 54.0 Å². The van der Waals surface area contributed by atoms with Crippen LogP contribution in [0.2, 0.25) is 0 Å². The second-order valence-corrected chi connectivity index (χ2v) is 11.7. The lowest BCUT2D eigenvalue weighted by Crippen LogP contribution is -2.57. The van der Waals surface area contributed by atoms with E-state index >= 15 is 0 Å². The summed E-state index contributed by atoms with van der Waals surface area (Å²) in [5, 5.41) is 14.9. The van der Waals surface area contributed by atoms with E-state index in [-0.39, 0.29) is 11.8 Å². The minimum absolute atomic E-state index is 0.200. The SMILES string of the molecule is Cc1ncsc1-c1ccc(CNC(=O)C2CCCN2C(=O)C(NC(=O)c2ccc(C#N)cc2)C(C)(C)C)cc1. The van der Waals surface area contributed by atoms with Crippen molar-refractivity contribution in [2.24, 2.45) is 5.41 Å². The number of aryl methyl sites for hydroxylation is 1. The Hall–Kier alpha value is -4.03. The van der Waals surface area contributed by atoms with E-state index in [9.17, 15) is 14.4 Å². The molecule has 1 aliphatic heterocycles. The fourth-order valence-corrected chi connectivity index (χ4v) is 5.50. The molecule has 1 aliphatic rings. The van der Waals surface area contributed by atoms with E-state index in [0.29, 0.717) is 37.1 Å². The van der Waals surface area contributed by atoms with Crippen LogP contribution in [0.3, 0.4) is 0 Å². The van der Waals surface area contributed by atoms with Gasteiger partial charge in [-0.25, -0.2) is 4.98 Å². The van der Waals surface area contributed by atoms with Crippen LogP contribution in [0, 0.1) is 23.7 Å². The first-order valence-corrected chi connectivity index (χ1v) is 13.8. The third-order valence-electron chi connectivity index (χ3n) is 6.93. The van der Waals surface area contributed by atoms with Crippen LogP contribution >= 0.6 is 11.3 Å². The lowest BCUT2D eigenvalue weighted by atomic mass is 9.85. The summed E-state index contributed by atoms with van der Waals surface area (Å²) in [6, 6.07) is 14.9. The van der Waals surface area contributed by atoms with Gasteiger partial charge in [-0.05, 0) is 60.6 Å². The Morgan fingerprint density at radius 1 is 1.13 bits per heavy atom. The van der Waals surface area contributed by atoms with Crippen LogP contribution in [0.1, 0.15) is 60.8 Å². The van der Waals surface area contributed by atoms with Crippen molar-refractivity contribution in [2.75, 3.05) is 6.54 Å². The van der Waals surface area contributed by atoms with Crippen molar-refractivity contribution >= 4 is 29.1 Å². The topological polar surface area (TPSA) is 115 Å². The molecule has 2 unspecified atom stereocenters. The molecule has 0 bridgehead atoms. The van der Waals surface area contributed by atoms with Crippen molar-refractivity contribution in [3.05, 3.63) is 76.4 Å². The van der Waals surface area contributed by atoms with E-state index in [1.165, 1.54) is 0 Å². The number of nitrogens with zero attached hydrogens (tertiary/aromatic N) is 3. The molecule has 2 N–H and O–H groups in total. The largest absolute Gasteiger partial charge is 0.350 e. The van der Waals surface area contributed by atoms with Crippen molar-refractivity contribution in [2.45, 2.75) is 59.2 Å². The monoisotopic (exact) mass is 543 g/mol. The lowest BCUT2D eigenvalue weighted by Gasteiger charge is -2.35. The van der Waals surface area contributed by atoms with E-state index < -0.39 is 23.4 Å². The highest BCUT2D eigenvalue weighted by Crippen LogP contribution is 2.28. The molecule has 0 radical (unpaired) electrons. The molecule has 0 aliphatic carbocycles. The molecule has 1 fully saturated rings. The first kappa shape index (κ1) is 28.0. The highest BCUT2D eigenvalue weighted by molar-refractivity contribution is 7.13. The summed E-state index contributed by atoms with van der Waals surface area (Å²) in [4.78, 5) is 46.9. The predicted molar refractivity (Wildman–Crippen MR) is 151 cm³/mol. The van der Waals surface area contributed by atoms with E-state index in [1.807, 2.05) is 63.5 Å². The van der Waals surface area contributed by atoms with Gasteiger partial charge in [-0.2, -0.15) is 5.26 Å². The molecule has 1 saturated heterocycles. The molecular formula is C30H33N5O3S. The summed E-state index contributed by atoms with van der Waals surface area (Å²) < 4.78 is 0. The van der Waals surface area contributed by atoms with Gasteiger partial charge in [0.2, 0.25) is 11.8 Å². The van der Waals surface area contributed by atoms with Crippen LogP contribution in [0.4, 0.5) is 0 Å². The number of aromatic nitrogens is 1. The third-order valence-corrected chi connectivity index (χ3v) is 7.91. The minimum Gasteiger partial charge on any atom is -0.350 e. The number of nitriles is 1. The summed E-state index contributed by atoms with van der Waals surface area (Å²) >= 11 is 1.60. The van der Waals surface area contributed by atoms with Crippen molar-refractivity contribution in [3.63, 3.8) is 0 Å². The number of likely N-dealkylation sites (tertiary alicyclic amines) is 1. The molecule has 39 heavy (non-hydrogen) atoms. The smallest absolute Gasteiger partial charge is 0.251 e. The standard InChI is InChI=1S/C30H33N5O3S/c1-19-25(39-18-33-19)22-11-9-21(10-12-22)17-32-28(37)24-6-5-15-35(24)29(38)26(30(2,3)4)34-27(36)23-13-7-20(16-31)8-14-23/h7-14,18,24,26H,5-6,15,17H2,1-4H3,(H,32,37)(H,34,36). The molecule has 0 saturated carbocycles. The molecular weight excluding hydrogens is 510 g/mol. The number of hydrogen-bond donors (Lipinski definition) is 2. The maximum atomic E-state index is 13.7. The summed E-state index contributed by atoms with van der Waals surface area (Å²) in [5.74, 6) is -0.870. The van der Waals surface area contributed by atoms with Crippen LogP contribution < -0.4 is 10.6 Å². The maximum absolute atomic E-state index is 13.7. The van der Waals surface area contributed by atoms with Crippen molar-refractivity contribution in [3.8, 4) is 16.5 Å². The lowest BCUT2D eigenvalue weighted by molar-refractivity contribution is -0.141. The van der Waals surface area contributed by atoms with Gasteiger partial charge in [-0.3, -0.25) is 14.4 Å². The zero-order valence-electron chi connectivity index (χ0n) is 22.7. The molecule has 8 nitrogen and oxygen atoms in total. The highest BCUT2D eigenvalue weighted by Gasteiger charge is 2.41. The zero-order valence-corrected chi connectivity index (χ0v) is 23.5. The number of rotatable bonds is 7. The van der Waals surface area contributed by atoms with Gasteiger partial charge in [0.05, 0.1) is 27.7 Å². The van der Waals surface area contributed by atoms with Gasteiger partial charge < -0.3 is 15.5 Å². The van der Waals surface area contributed by atoms with E-state index in [4.69, 9.17) is 5.26 Å². The molecule has 4 rings (SSSR count). The van der Waals surface area contributed by atoms with Crippen molar-refractivity contribution in [1.82, 2.24) is 20.5 Å². The average Bonchev–Trinajstić information content (AvgIpc) is 3.59. The maximum Gasteiger partial charge on any atom is 0.251 e. The molecule has 3 aromatic rings. The predicted octanol–water partition coefficient (Wildman–Crippen LogP) is 4.44. The van der Waals surface area contributed by atoms with Gasteiger partial charge in [-0.1, -0.05) is 45.0 Å². The number of nitrogens with one attached hydrogen (secondary N) is 2. The number of carbonyl (C=O) groups is 3. The van der Waals surface area contributed by atoms with Gasteiger partial charge in [0.25, 0.3) is 5.91 Å². The number of amides is 3. The summed E-state index contributed by atoms with van der Waals surface area (Å²) in [6.07, 6.45) is 1.29. The Morgan fingerprint density at radius 2 is 1.82 bits per heavy atom. The molecule has 3 amide bonds. The second-order valence-electron chi connectivity index (χ2n) is 10.8. The van der Waals surface area contributed by atoms with Crippen molar-refractivity contribution in [1.29, 1.82) is 5.26 Å². The molecule has 1 aromatic heterocycles.